The molecule has 5 saturated carbocycles. The van der Waals surface area contributed by atoms with Gasteiger partial charge in [0.2, 0.25) is 17.7 Å². The average Bonchev–Trinajstić information content (AvgIpc) is 1.55. The van der Waals surface area contributed by atoms with Crippen molar-refractivity contribution in [1.82, 2.24) is 24.9 Å². The van der Waals surface area contributed by atoms with E-state index in [0.717, 1.165) is 6.54 Å². The van der Waals surface area contributed by atoms with E-state index in [2.05, 4.69) is 74.6 Å². The van der Waals surface area contributed by atoms with Crippen LogP contribution in [0.25, 0.3) is 0 Å². The number of ether oxygens (including phenoxy) is 7. The van der Waals surface area contributed by atoms with Crippen LogP contribution in [0.2, 0.25) is 0 Å². The van der Waals surface area contributed by atoms with Crippen LogP contribution in [0.1, 0.15) is 199 Å². The van der Waals surface area contributed by atoms with Gasteiger partial charge in [0.25, 0.3) is 0 Å². The van der Waals surface area contributed by atoms with E-state index in [1.807, 2.05) is 111 Å². The minimum Gasteiger partial charge on any atom is -0.468 e. The smallest absolute Gasteiger partial charge is 0.411 e. The van der Waals surface area contributed by atoms with E-state index in [0.29, 0.717) is 73.5 Å². The third kappa shape index (κ3) is 18.7. The lowest BCUT2D eigenvalue weighted by atomic mass is 9.76. The first-order chi connectivity index (χ1) is 46.3. The Balaban J connectivity index is 0.000000279. The predicted molar refractivity (Wildman–Crippen MR) is 397 cm³/mol. The van der Waals surface area contributed by atoms with Crippen LogP contribution >= 0.6 is 24.8 Å². The number of nitrogens with zero attached hydrogens (tertiary/aromatic N) is 4. The zero-order valence-corrected chi connectivity index (χ0v) is 70.2. The van der Waals surface area contributed by atoms with Crippen LogP contribution in [0, 0.1) is 114 Å². The second-order valence-electron chi connectivity index (χ2n) is 38.7. The molecule has 26 heteroatoms. The number of likely N-dealkylation sites (tertiary alicyclic amines) is 4. The number of nitrogens with two attached hydrogens (primary N) is 1. The highest BCUT2D eigenvalue weighted by molar-refractivity contribution is 5.93. The van der Waals surface area contributed by atoms with Crippen molar-refractivity contribution in [2.45, 2.75) is 247 Å². The van der Waals surface area contributed by atoms with E-state index < -0.39 is 70.7 Å². The van der Waals surface area contributed by atoms with Crippen molar-refractivity contribution in [3.8, 4) is 0 Å². The number of nitrogens with one attached hydrogen (secondary N) is 1. The molecule has 10 fully saturated rings. The van der Waals surface area contributed by atoms with Crippen molar-refractivity contribution in [3.63, 3.8) is 0 Å². The SMILES string of the molecule is CCC(=O)C[C@H](C(=O)N1C[C@H]2[C@@H]([C@H]1C(=O)OC)C2(C)C)C(C)(C)C.COC(=O)[C@@H]1[C@@H]2[C@H](CN1C(=O)OC(C)(C)C)C2(C)C.COC(=O)[C@@H]1[C@@H]2[C@H](CN1C(=O)[C@@H](CC(=O)OC(C)(C)C)C(C)(C)C)C2(C)C.COC(=O)[C@@H]1[C@@H]2[C@H](CN1C(=O)[C@@H](N)C(C)(C)C)C2(C)C.COC(=O)[C@H]1NC[C@H]2[C@@H]1C2(C)C.Cl.Cl. The quantitative estimate of drug-likeness (QED) is 0.128. The lowest BCUT2D eigenvalue weighted by Gasteiger charge is -2.37. The van der Waals surface area contributed by atoms with Crippen LogP contribution in [0.5, 0.6) is 0 Å². The Bertz CT molecular complexity index is 3210. The Hall–Kier alpha value is -5.33. The highest BCUT2D eigenvalue weighted by Crippen LogP contribution is 2.68. The van der Waals surface area contributed by atoms with Crippen LogP contribution in [0.3, 0.4) is 0 Å². The van der Waals surface area contributed by atoms with Gasteiger partial charge in [-0.1, -0.05) is 138 Å². The molecule has 5 aliphatic heterocycles. The molecule has 5 saturated heterocycles. The van der Waals surface area contributed by atoms with Crippen molar-refractivity contribution < 1.29 is 85.9 Å². The average molecular weight is 1510 g/mol. The summed E-state index contributed by atoms with van der Waals surface area (Å²) in [6.45, 7) is 55.1. The first-order valence-electron chi connectivity index (χ1n) is 36.8. The Kier molecular flexibility index (Phi) is 27.8. The number of carbonyl (C=O) groups excluding carboxylic acids is 11. The van der Waals surface area contributed by atoms with E-state index in [-0.39, 0.29) is 153 Å². The van der Waals surface area contributed by atoms with Gasteiger partial charge in [0.05, 0.1) is 53.9 Å². The number of piperidine rings is 5. The largest absolute Gasteiger partial charge is 0.468 e. The number of hydrogen-bond acceptors (Lipinski definition) is 20. The number of esters is 6. The standard InChI is InChI=1S/C21H35NO5.C19H31NO4.C15H26N2O3.C14H23NO4.C9H15NO2.2ClH/c1-19(2,3)12(10-14(23)27-20(4,5)6)17(24)22-11-13-15(21(13,7)8)16(22)18(25)26-9;1-8-11(21)9-12(18(2,3)4)16(22)20-10-13-14(19(13,5)6)15(20)17(23)24-7;1-14(2,3)11(16)12(18)17-7-8-9(15(8,4)5)10(17)13(19)20-6;1-13(2,3)19-12(17)15-7-8-9(14(8,4)5)10(15)11(16)18-6;1-9(2)5-4-10-7(6(5)9)8(11)12-3;;/h12-13,15-16H,10-11H2,1-9H3;12-15H,8-10H2,1-7H3;8-11H,7,16H2,1-6H3;8-10H,7H2,1-6H3;5-7,10H,4H2,1-3H3;2*1H/t12-,13+,15+,16+;12-,13+,14+,15+;8-,9-,10-,11+;8-,9-,10-;5-,6-,7-;;/m11000../s1. The van der Waals surface area contributed by atoms with Gasteiger partial charge in [-0.05, 0) is 127 Å². The Labute approximate surface area is 633 Å². The van der Waals surface area contributed by atoms with Crippen LogP contribution in [-0.4, -0.2) is 201 Å². The van der Waals surface area contributed by atoms with E-state index in [1.54, 1.807) is 14.7 Å². The topological polar surface area (TPSA) is 303 Å². The molecule has 0 radical (unpaired) electrons. The number of amides is 4. The number of fused-ring (bicyclic) bond motifs is 5. The summed E-state index contributed by atoms with van der Waals surface area (Å²) in [7, 11) is 6.91. The molecule has 18 atom stereocenters. The molecule has 0 bridgehead atoms. The number of rotatable bonds is 13. The minimum atomic E-state index is -0.602. The van der Waals surface area contributed by atoms with E-state index >= 15 is 0 Å². The zero-order valence-electron chi connectivity index (χ0n) is 68.6. The van der Waals surface area contributed by atoms with Gasteiger partial charge in [0.1, 0.15) is 47.2 Å². The van der Waals surface area contributed by atoms with Gasteiger partial charge in [-0.3, -0.25) is 33.7 Å². The second-order valence-corrected chi connectivity index (χ2v) is 38.7. The summed E-state index contributed by atoms with van der Waals surface area (Å²) in [5.74, 6) is 0.114. The molecule has 596 valence electrons. The normalized spacial score (nSPS) is 30.8. The summed E-state index contributed by atoms with van der Waals surface area (Å²) in [5, 5.41) is 3.19. The van der Waals surface area contributed by atoms with E-state index in [4.69, 9.17) is 38.9 Å². The van der Waals surface area contributed by atoms with Crippen molar-refractivity contribution in [2.24, 2.45) is 120 Å². The summed E-state index contributed by atoms with van der Waals surface area (Å²) in [6, 6.07) is -2.69. The van der Waals surface area contributed by atoms with Gasteiger partial charge in [0, 0.05) is 68.6 Å². The summed E-state index contributed by atoms with van der Waals surface area (Å²) >= 11 is 0. The summed E-state index contributed by atoms with van der Waals surface area (Å²) in [4.78, 5) is 142. The highest BCUT2D eigenvalue weighted by Gasteiger charge is 2.74. The van der Waals surface area contributed by atoms with Crippen LogP contribution < -0.4 is 11.1 Å². The first kappa shape index (κ1) is 91.1. The van der Waals surface area contributed by atoms with Crippen LogP contribution in [0.4, 0.5) is 4.79 Å². The number of hydrogen-bond donors (Lipinski definition) is 2. The fourth-order valence-electron chi connectivity index (χ4n) is 17.9. The molecule has 4 amide bonds. The van der Waals surface area contributed by atoms with E-state index in [9.17, 15) is 52.7 Å². The number of Topliss-reactive ketones (excluding diaryl/α,β-unsaturated/α-hetero) is 1. The number of halogens is 2. The maximum Gasteiger partial charge on any atom is 0.411 e. The molecule has 0 aromatic heterocycles. The second kappa shape index (κ2) is 31.7. The van der Waals surface area contributed by atoms with Gasteiger partial charge in [-0.2, -0.15) is 0 Å². The summed E-state index contributed by atoms with van der Waals surface area (Å²) in [6.07, 6.45) is 0.245. The molecule has 3 N–H and O–H groups in total. The molecule has 24 nitrogen and oxygen atoms in total. The summed E-state index contributed by atoms with van der Waals surface area (Å²) in [5.41, 5.74) is 4.51. The minimum absolute atomic E-state index is 0. The highest BCUT2D eigenvalue weighted by atomic mass is 35.5. The molecular weight excluding hydrogens is 1380 g/mol. The van der Waals surface area contributed by atoms with Gasteiger partial charge in [-0.15, -0.1) is 24.8 Å². The summed E-state index contributed by atoms with van der Waals surface area (Å²) < 4.78 is 35.2. The molecule has 0 unspecified atom stereocenters. The Morgan fingerprint density at radius 1 is 0.404 bits per heavy atom. The zero-order chi connectivity index (χ0) is 78.4. The molecule has 5 heterocycles. The Morgan fingerprint density at radius 2 is 0.692 bits per heavy atom. The molecule has 0 spiro atoms. The first-order valence-corrected chi connectivity index (χ1v) is 36.8. The lowest BCUT2D eigenvalue weighted by molar-refractivity contribution is -0.163. The molecule has 104 heavy (non-hydrogen) atoms. The third-order valence-corrected chi connectivity index (χ3v) is 25.1. The van der Waals surface area contributed by atoms with Crippen LogP contribution in [0.15, 0.2) is 0 Å². The molecular formula is C78H132Cl2N6O18. The molecule has 0 aromatic carbocycles. The van der Waals surface area contributed by atoms with Crippen molar-refractivity contribution in [1.29, 1.82) is 0 Å². The predicted octanol–water partition coefficient (Wildman–Crippen LogP) is 10.0. The fraction of sp³-hybridized carbons (Fsp3) is 0.859. The number of methoxy groups -OCH3 is 5. The maximum atomic E-state index is 13.4. The number of carbonyl (C=O) groups is 11. The van der Waals surface area contributed by atoms with Gasteiger partial charge >= 0.3 is 41.9 Å². The van der Waals surface area contributed by atoms with Crippen LogP contribution in [-0.2, 0) is 81.1 Å². The monoisotopic (exact) mass is 1510 g/mol. The third-order valence-electron chi connectivity index (χ3n) is 25.1. The maximum absolute atomic E-state index is 13.4. The van der Waals surface area contributed by atoms with Gasteiger partial charge in [0.15, 0.2) is 0 Å². The molecule has 5 aliphatic carbocycles. The fourth-order valence-corrected chi connectivity index (χ4v) is 17.9. The number of ketones is 1. The lowest BCUT2D eigenvalue weighted by Crippen LogP contribution is -2.55. The van der Waals surface area contributed by atoms with Crippen molar-refractivity contribution in [2.75, 3.05) is 68.3 Å². The molecule has 10 rings (SSSR count). The van der Waals surface area contributed by atoms with Crippen molar-refractivity contribution in [3.05, 3.63) is 0 Å². The van der Waals surface area contributed by atoms with Crippen molar-refractivity contribution >= 4 is 90.2 Å². The Morgan fingerprint density at radius 3 is 0.962 bits per heavy atom. The van der Waals surface area contributed by atoms with Gasteiger partial charge in [-0.25, -0.2) is 24.0 Å². The molecule has 10 aliphatic rings. The van der Waals surface area contributed by atoms with E-state index in [1.165, 1.54) is 40.4 Å². The van der Waals surface area contributed by atoms with Gasteiger partial charge < -0.3 is 58.9 Å². The molecule has 0 aromatic rings.